The number of rotatable bonds is 1. The third kappa shape index (κ3) is 1.57. The molecule has 2 heterocycles. The van der Waals surface area contributed by atoms with Gasteiger partial charge in [-0.25, -0.2) is 0 Å². The highest BCUT2D eigenvalue weighted by Crippen LogP contribution is 2.26. The average molecular weight is 260 g/mol. The summed E-state index contributed by atoms with van der Waals surface area (Å²) >= 11 is 0. The molecule has 2 aromatic carbocycles. The van der Waals surface area contributed by atoms with Crippen molar-refractivity contribution in [1.82, 2.24) is 9.97 Å². The van der Waals surface area contributed by atoms with E-state index in [-0.39, 0.29) is 5.56 Å². The van der Waals surface area contributed by atoms with Crippen LogP contribution in [0.5, 0.6) is 0 Å². The first kappa shape index (κ1) is 11.1. The zero-order valence-corrected chi connectivity index (χ0v) is 10.7. The molecule has 0 atom stereocenters. The van der Waals surface area contributed by atoms with Gasteiger partial charge >= 0.3 is 0 Å². The van der Waals surface area contributed by atoms with E-state index in [4.69, 9.17) is 0 Å². The second-order valence-corrected chi connectivity index (χ2v) is 4.85. The molecule has 4 aromatic rings. The van der Waals surface area contributed by atoms with Crippen LogP contribution in [0.3, 0.4) is 0 Å². The molecule has 0 saturated heterocycles. The average Bonchev–Trinajstić information content (AvgIpc) is 2.98. The van der Waals surface area contributed by atoms with Crippen molar-refractivity contribution in [2.24, 2.45) is 0 Å². The number of benzene rings is 2. The summed E-state index contributed by atoms with van der Waals surface area (Å²) in [6.07, 6.45) is 1.80. The van der Waals surface area contributed by atoms with E-state index in [1.165, 1.54) is 5.56 Å². The number of H-pyrrole nitrogens is 2. The minimum atomic E-state index is -0.0787. The van der Waals surface area contributed by atoms with Crippen molar-refractivity contribution in [2.75, 3.05) is 0 Å². The molecule has 0 aliphatic carbocycles. The van der Waals surface area contributed by atoms with Crippen LogP contribution in [0.2, 0.25) is 0 Å². The predicted molar refractivity (Wildman–Crippen MR) is 81.9 cm³/mol. The Morgan fingerprint density at radius 2 is 1.65 bits per heavy atom. The van der Waals surface area contributed by atoms with Crippen molar-refractivity contribution < 1.29 is 0 Å². The Kier molecular flexibility index (Phi) is 2.27. The van der Waals surface area contributed by atoms with Gasteiger partial charge < -0.3 is 9.97 Å². The molecule has 0 saturated carbocycles. The van der Waals surface area contributed by atoms with Crippen LogP contribution in [0.4, 0.5) is 0 Å². The smallest absolute Gasteiger partial charge is 0.272 e. The maximum absolute atomic E-state index is 11.9. The number of pyridine rings is 1. The molecule has 96 valence electrons. The first-order valence-electron chi connectivity index (χ1n) is 6.51. The van der Waals surface area contributed by atoms with Gasteiger partial charge in [0.2, 0.25) is 0 Å². The summed E-state index contributed by atoms with van der Waals surface area (Å²) in [6, 6.07) is 18.3. The van der Waals surface area contributed by atoms with Crippen LogP contribution in [0.15, 0.2) is 65.6 Å². The first-order valence-corrected chi connectivity index (χ1v) is 6.51. The molecule has 3 nitrogen and oxygen atoms in total. The van der Waals surface area contributed by atoms with Gasteiger partial charge in [0.05, 0.1) is 0 Å². The first-order chi connectivity index (χ1) is 9.83. The number of aromatic amines is 2. The predicted octanol–water partition coefficient (Wildman–Crippen LogP) is 3.68. The van der Waals surface area contributed by atoms with Gasteiger partial charge in [-0.15, -0.1) is 0 Å². The van der Waals surface area contributed by atoms with E-state index in [9.17, 15) is 4.79 Å². The fraction of sp³-hybridized carbons (Fsp3) is 0. The molecule has 20 heavy (non-hydrogen) atoms. The molecular weight excluding hydrogens is 248 g/mol. The van der Waals surface area contributed by atoms with Gasteiger partial charge in [0.15, 0.2) is 0 Å². The lowest BCUT2D eigenvalue weighted by atomic mass is 10.0. The minimum absolute atomic E-state index is 0.0787. The number of hydrogen-bond acceptors (Lipinski definition) is 1. The molecule has 2 aromatic heterocycles. The number of nitrogens with one attached hydrogen (secondary N) is 2. The van der Waals surface area contributed by atoms with Gasteiger partial charge in [-0.1, -0.05) is 36.4 Å². The summed E-state index contributed by atoms with van der Waals surface area (Å²) in [7, 11) is 0. The van der Waals surface area contributed by atoms with Gasteiger partial charge in [-0.3, -0.25) is 4.79 Å². The molecule has 0 aliphatic heterocycles. The van der Waals surface area contributed by atoms with Crippen molar-refractivity contribution in [3.8, 4) is 11.1 Å². The number of aromatic nitrogens is 2. The van der Waals surface area contributed by atoms with Crippen molar-refractivity contribution in [2.45, 2.75) is 0 Å². The molecule has 0 fully saturated rings. The molecule has 0 unspecified atom stereocenters. The van der Waals surface area contributed by atoms with Crippen LogP contribution in [-0.4, -0.2) is 9.97 Å². The highest BCUT2D eigenvalue weighted by molar-refractivity contribution is 6.05. The Labute approximate surface area is 114 Å². The van der Waals surface area contributed by atoms with E-state index in [0.29, 0.717) is 5.52 Å². The van der Waals surface area contributed by atoms with E-state index in [0.717, 1.165) is 21.9 Å². The molecule has 0 amide bonds. The summed E-state index contributed by atoms with van der Waals surface area (Å²) in [6.45, 7) is 0. The standard InChI is InChI=1S/C17H12N2O/c20-17-16-13(8-9-18-16)14-10-12(6-7-15(14)19-17)11-4-2-1-3-5-11/h1-10,18H,(H,19,20). The summed E-state index contributed by atoms with van der Waals surface area (Å²) < 4.78 is 0. The van der Waals surface area contributed by atoms with E-state index < -0.39 is 0 Å². The zero-order chi connectivity index (χ0) is 13.5. The van der Waals surface area contributed by atoms with Crippen LogP contribution in [-0.2, 0) is 0 Å². The van der Waals surface area contributed by atoms with Crippen LogP contribution in [0.1, 0.15) is 0 Å². The van der Waals surface area contributed by atoms with E-state index in [1.807, 2.05) is 36.4 Å². The topological polar surface area (TPSA) is 48.6 Å². The van der Waals surface area contributed by atoms with Gasteiger partial charge in [0.25, 0.3) is 5.56 Å². The zero-order valence-electron chi connectivity index (χ0n) is 10.7. The monoisotopic (exact) mass is 260 g/mol. The lowest BCUT2D eigenvalue weighted by Crippen LogP contribution is -2.05. The van der Waals surface area contributed by atoms with Crippen LogP contribution >= 0.6 is 0 Å². The van der Waals surface area contributed by atoms with Crippen molar-refractivity contribution in [1.29, 1.82) is 0 Å². The second-order valence-electron chi connectivity index (χ2n) is 4.85. The third-order valence-electron chi connectivity index (χ3n) is 3.64. The highest BCUT2D eigenvalue weighted by Gasteiger charge is 2.07. The Balaban J connectivity index is 2.08. The summed E-state index contributed by atoms with van der Waals surface area (Å²) in [5.74, 6) is 0. The summed E-state index contributed by atoms with van der Waals surface area (Å²) in [5.41, 5.74) is 3.73. The normalized spacial score (nSPS) is 11.2. The highest BCUT2D eigenvalue weighted by atomic mass is 16.1. The maximum Gasteiger partial charge on any atom is 0.272 e. The van der Waals surface area contributed by atoms with Crippen molar-refractivity contribution in [3.05, 3.63) is 71.1 Å². The van der Waals surface area contributed by atoms with Crippen molar-refractivity contribution in [3.63, 3.8) is 0 Å². The van der Waals surface area contributed by atoms with Gasteiger partial charge in [0.1, 0.15) is 5.52 Å². The Bertz CT molecular complexity index is 965. The van der Waals surface area contributed by atoms with Crippen molar-refractivity contribution >= 4 is 21.8 Å². The van der Waals surface area contributed by atoms with Crippen LogP contribution < -0.4 is 5.56 Å². The van der Waals surface area contributed by atoms with Crippen LogP contribution in [0, 0.1) is 0 Å². The maximum atomic E-state index is 11.9. The third-order valence-corrected chi connectivity index (χ3v) is 3.64. The van der Waals surface area contributed by atoms with Gasteiger partial charge in [-0.2, -0.15) is 0 Å². The summed E-state index contributed by atoms with van der Waals surface area (Å²) in [5, 5.41) is 2.02. The molecular formula is C17H12N2O. The molecule has 0 bridgehead atoms. The fourth-order valence-corrected chi connectivity index (χ4v) is 2.65. The Hall–Kier alpha value is -2.81. The largest absolute Gasteiger partial charge is 0.357 e. The molecule has 0 radical (unpaired) electrons. The lowest BCUT2D eigenvalue weighted by Gasteiger charge is -2.05. The molecule has 2 N–H and O–H groups in total. The van der Waals surface area contributed by atoms with Gasteiger partial charge in [-0.05, 0) is 29.3 Å². The van der Waals surface area contributed by atoms with E-state index in [1.54, 1.807) is 6.20 Å². The molecule has 4 rings (SSSR count). The SMILES string of the molecule is O=c1[nH]c2ccc(-c3ccccc3)cc2c2cc[nH]c12. The fourth-order valence-electron chi connectivity index (χ4n) is 2.65. The minimum Gasteiger partial charge on any atom is -0.357 e. The second kappa shape index (κ2) is 4.10. The molecule has 0 spiro atoms. The quantitative estimate of drug-likeness (QED) is 0.539. The Morgan fingerprint density at radius 1 is 0.800 bits per heavy atom. The molecule has 0 aliphatic rings. The lowest BCUT2D eigenvalue weighted by molar-refractivity contribution is 1.31. The summed E-state index contributed by atoms with van der Waals surface area (Å²) in [4.78, 5) is 17.8. The van der Waals surface area contributed by atoms with E-state index >= 15 is 0 Å². The van der Waals surface area contributed by atoms with Gasteiger partial charge in [0, 0.05) is 22.5 Å². The molecule has 3 heteroatoms. The van der Waals surface area contributed by atoms with E-state index in [2.05, 4.69) is 28.2 Å². The Morgan fingerprint density at radius 3 is 2.50 bits per heavy atom. The number of fused-ring (bicyclic) bond motifs is 3. The van der Waals surface area contributed by atoms with Crippen LogP contribution in [0.25, 0.3) is 32.9 Å². The number of hydrogen-bond donors (Lipinski definition) is 2.